The molecule has 7 nitrogen and oxygen atoms in total. The summed E-state index contributed by atoms with van der Waals surface area (Å²) in [6.07, 6.45) is 4.94. The summed E-state index contributed by atoms with van der Waals surface area (Å²) < 4.78 is 17.5. The van der Waals surface area contributed by atoms with Gasteiger partial charge in [0.2, 0.25) is 0 Å². The molecule has 3 aromatic heterocycles. The summed E-state index contributed by atoms with van der Waals surface area (Å²) in [5.41, 5.74) is 7.55. The summed E-state index contributed by atoms with van der Waals surface area (Å²) >= 11 is 5.79. The highest BCUT2D eigenvalue weighted by atomic mass is 35.5. The lowest BCUT2D eigenvalue weighted by atomic mass is 10.1. The maximum Gasteiger partial charge on any atom is 0.267 e. The summed E-state index contributed by atoms with van der Waals surface area (Å²) in [6, 6.07) is 7.94. The zero-order valence-corrected chi connectivity index (χ0v) is 14.8. The van der Waals surface area contributed by atoms with E-state index in [0.29, 0.717) is 24.3 Å². The zero-order valence-electron chi connectivity index (χ0n) is 14.0. The molecule has 0 unspecified atom stereocenters. The van der Waals surface area contributed by atoms with Crippen LogP contribution in [0.15, 0.2) is 49.2 Å². The number of nitrogens with two attached hydrogens (primary N) is 1. The Morgan fingerprint density at radius 1 is 1.22 bits per heavy atom. The molecule has 0 aliphatic carbocycles. The van der Waals surface area contributed by atoms with E-state index in [1.807, 2.05) is 10.8 Å². The zero-order chi connectivity index (χ0) is 19.0. The van der Waals surface area contributed by atoms with Crippen LogP contribution in [-0.4, -0.2) is 30.2 Å². The van der Waals surface area contributed by atoms with E-state index in [2.05, 4.69) is 15.1 Å². The van der Waals surface area contributed by atoms with E-state index in [0.717, 1.165) is 10.9 Å². The first-order chi connectivity index (χ1) is 13.0. The Bertz CT molecular complexity index is 1140. The molecule has 0 spiro atoms. The van der Waals surface area contributed by atoms with Crippen molar-refractivity contribution in [3.05, 3.63) is 65.7 Å². The first-order valence-corrected chi connectivity index (χ1v) is 8.48. The van der Waals surface area contributed by atoms with Crippen molar-refractivity contribution in [2.45, 2.75) is 13.1 Å². The third kappa shape index (κ3) is 3.26. The Balaban J connectivity index is 1.83. The Hall–Kier alpha value is -3.26. The Morgan fingerprint density at radius 2 is 2.07 bits per heavy atom. The number of carbonyl (C=O) groups is 1. The highest BCUT2D eigenvalue weighted by Crippen LogP contribution is 2.32. The fourth-order valence-corrected chi connectivity index (χ4v) is 3.04. The van der Waals surface area contributed by atoms with Gasteiger partial charge in [-0.05, 0) is 29.8 Å². The molecule has 0 saturated heterocycles. The number of hydrogen-bond donors (Lipinski definition) is 1. The average Bonchev–Trinajstić information content (AvgIpc) is 3.29. The molecule has 27 heavy (non-hydrogen) atoms. The predicted octanol–water partition coefficient (Wildman–Crippen LogP) is 2.89. The third-order valence-corrected chi connectivity index (χ3v) is 4.55. The normalized spacial score (nSPS) is 11.2. The maximum absolute atomic E-state index is 13.9. The number of rotatable bonds is 5. The van der Waals surface area contributed by atoms with Crippen LogP contribution in [-0.2, 0) is 13.1 Å². The van der Waals surface area contributed by atoms with Crippen molar-refractivity contribution < 1.29 is 9.18 Å². The fourth-order valence-electron chi connectivity index (χ4n) is 2.92. The summed E-state index contributed by atoms with van der Waals surface area (Å²) in [5.74, 6) is -1.11. The minimum absolute atomic E-state index is 0.0582. The number of aryl methyl sites for hydroxylation is 2. The molecular weight excluding hydrogens is 371 g/mol. The number of pyridine rings is 1. The van der Waals surface area contributed by atoms with Gasteiger partial charge in [-0.25, -0.2) is 14.4 Å². The number of aromatic nitrogens is 5. The average molecular weight is 385 g/mol. The van der Waals surface area contributed by atoms with Crippen molar-refractivity contribution in [2.75, 3.05) is 0 Å². The van der Waals surface area contributed by atoms with Gasteiger partial charge in [0.25, 0.3) is 5.91 Å². The van der Waals surface area contributed by atoms with Crippen LogP contribution in [0.1, 0.15) is 10.5 Å². The summed E-state index contributed by atoms with van der Waals surface area (Å²) in [5, 5.41) is 4.91. The molecule has 0 aliphatic rings. The molecule has 0 atom stereocenters. The van der Waals surface area contributed by atoms with Crippen LogP contribution in [0.5, 0.6) is 0 Å². The van der Waals surface area contributed by atoms with Crippen LogP contribution in [0.4, 0.5) is 4.39 Å². The molecule has 4 aromatic rings. The number of benzene rings is 1. The van der Waals surface area contributed by atoms with Crippen molar-refractivity contribution in [3.8, 4) is 11.1 Å². The fraction of sp³-hybridized carbons (Fsp3) is 0.111. The molecule has 9 heteroatoms. The predicted molar refractivity (Wildman–Crippen MR) is 98.7 cm³/mol. The highest BCUT2D eigenvalue weighted by molar-refractivity contribution is 6.30. The SMILES string of the molecule is NC(=O)c1ccc2c(-c3ccc(Cl)c(F)c3)cn(CCn3cncn3)c2n1. The lowest BCUT2D eigenvalue weighted by molar-refractivity contribution is 0.0996. The molecule has 1 amide bonds. The van der Waals surface area contributed by atoms with Crippen LogP contribution in [0.2, 0.25) is 5.02 Å². The first-order valence-electron chi connectivity index (χ1n) is 8.10. The summed E-state index contributed by atoms with van der Waals surface area (Å²) in [6.45, 7) is 1.09. The second kappa shape index (κ2) is 6.81. The minimum Gasteiger partial charge on any atom is -0.364 e. The molecule has 0 aliphatic heterocycles. The number of carbonyl (C=O) groups excluding carboxylic acids is 1. The number of fused-ring (bicyclic) bond motifs is 1. The van der Waals surface area contributed by atoms with Crippen molar-refractivity contribution in [1.29, 1.82) is 0 Å². The van der Waals surface area contributed by atoms with Gasteiger partial charge in [0.05, 0.1) is 11.6 Å². The molecule has 0 bridgehead atoms. The molecule has 136 valence electrons. The van der Waals surface area contributed by atoms with Gasteiger partial charge in [-0.3, -0.25) is 9.48 Å². The molecule has 0 saturated carbocycles. The number of amides is 1. The molecule has 1 aromatic carbocycles. The van der Waals surface area contributed by atoms with Gasteiger partial charge in [0.1, 0.15) is 29.8 Å². The molecular formula is C18H14ClFN6O. The van der Waals surface area contributed by atoms with Crippen molar-refractivity contribution in [1.82, 2.24) is 24.3 Å². The molecule has 0 fully saturated rings. The molecule has 3 heterocycles. The van der Waals surface area contributed by atoms with Gasteiger partial charge in [0.15, 0.2) is 0 Å². The van der Waals surface area contributed by atoms with Crippen LogP contribution in [0, 0.1) is 5.82 Å². The van der Waals surface area contributed by atoms with E-state index in [-0.39, 0.29) is 10.7 Å². The number of hydrogen-bond acceptors (Lipinski definition) is 4. The Labute approximate surface area is 158 Å². The monoisotopic (exact) mass is 384 g/mol. The quantitative estimate of drug-likeness (QED) is 0.572. The Morgan fingerprint density at radius 3 is 2.78 bits per heavy atom. The van der Waals surface area contributed by atoms with Crippen LogP contribution in [0.25, 0.3) is 22.2 Å². The van der Waals surface area contributed by atoms with Crippen LogP contribution in [0.3, 0.4) is 0 Å². The van der Waals surface area contributed by atoms with Crippen molar-refractivity contribution in [2.24, 2.45) is 5.73 Å². The van der Waals surface area contributed by atoms with E-state index in [1.165, 1.54) is 18.5 Å². The third-order valence-electron chi connectivity index (χ3n) is 4.24. The second-order valence-electron chi connectivity index (χ2n) is 5.96. The smallest absolute Gasteiger partial charge is 0.267 e. The lowest BCUT2D eigenvalue weighted by Crippen LogP contribution is -2.14. The van der Waals surface area contributed by atoms with Crippen molar-refractivity contribution >= 4 is 28.5 Å². The van der Waals surface area contributed by atoms with Crippen LogP contribution >= 0.6 is 11.6 Å². The molecule has 0 radical (unpaired) electrons. The Kier molecular flexibility index (Phi) is 4.33. The van der Waals surface area contributed by atoms with Gasteiger partial charge in [-0.1, -0.05) is 17.7 Å². The molecule has 2 N–H and O–H groups in total. The van der Waals surface area contributed by atoms with E-state index in [9.17, 15) is 9.18 Å². The van der Waals surface area contributed by atoms with Gasteiger partial charge >= 0.3 is 0 Å². The highest BCUT2D eigenvalue weighted by Gasteiger charge is 2.15. The van der Waals surface area contributed by atoms with Gasteiger partial charge in [0, 0.05) is 23.7 Å². The summed E-state index contributed by atoms with van der Waals surface area (Å²) in [7, 11) is 0. The minimum atomic E-state index is -0.611. The molecule has 4 rings (SSSR count). The number of primary amides is 1. The van der Waals surface area contributed by atoms with Crippen molar-refractivity contribution in [3.63, 3.8) is 0 Å². The van der Waals surface area contributed by atoms with E-state index < -0.39 is 11.7 Å². The van der Waals surface area contributed by atoms with Crippen LogP contribution < -0.4 is 5.73 Å². The largest absolute Gasteiger partial charge is 0.364 e. The van der Waals surface area contributed by atoms with E-state index in [1.54, 1.807) is 29.2 Å². The topological polar surface area (TPSA) is 91.6 Å². The van der Waals surface area contributed by atoms with Gasteiger partial charge in [-0.2, -0.15) is 5.10 Å². The standard InChI is InChI=1S/C18H14ClFN6O/c19-14-3-1-11(7-15(14)20)13-8-25(5-6-26-10-22-9-23-26)18-12(13)2-4-16(24-18)17(21)27/h1-4,7-10H,5-6H2,(H2,21,27). The van der Waals surface area contributed by atoms with E-state index in [4.69, 9.17) is 17.3 Å². The summed E-state index contributed by atoms with van der Waals surface area (Å²) in [4.78, 5) is 19.8. The second-order valence-corrected chi connectivity index (χ2v) is 6.36. The van der Waals surface area contributed by atoms with E-state index >= 15 is 0 Å². The van der Waals surface area contributed by atoms with Gasteiger partial charge < -0.3 is 10.3 Å². The first kappa shape index (κ1) is 17.2. The maximum atomic E-state index is 13.9. The lowest BCUT2D eigenvalue weighted by Gasteiger charge is -2.05. The number of halogens is 2. The van der Waals surface area contributed by atoms with Gasteiger partial charge in [-0.15, -0.1) is 0 Å². The number of nitrogens with zero attached hydrogens (tertiary/aromatic N) is 5.